The summed E-state index contributed by atoms with van der Waals surface area (Å²) in [5.74, 6) is 0. The van der Waals surface area contributed by atoms with Crippen molar-refractivity contribution in [2.45, 2.75) is 95.3 Å². The van der Waals surface area contributed by atoms with E-state index in [1.807, 2.05) is 0 Å². The molecular weight excluding hydrogens is 1070 g/mol. The molecule has 0 saturated heterocycles. The van der Waals surface area contributed by atoms with Crippen LogP contribution >= 0.6 is 0 Å². The number of unbranched alkanes of at least 4 members (excludes halogenated alkanes) is 4. The first kappa shape index (κ1) is 54.6. The molecule has 0 amide bonds. The van der Waals surface area contributed by atoms with E-state index >= 15 is 0 Å². The van der Waals surface area contributed by atoms with Gasteiger partial charge in [0, 0.05) is 38.9 Å². The fourth-order valence-corrected chi connectivity index (χ4v) is 15.3. The van der Waals surface area contributed by atoms with Crippen LogP contribution in [-0.2, 0) is 43.9 Å². The maximum atomic E-state index is 2.65. The van der Waals surface area contributed by atoms with Gasteiger partial charge in [-0.05, 0) is 237 Å². The molecule has 16 rings (SSSR count). The molecule has 0 fully saturated rings. The highest BCUT2D eigenvalue weighted by molar-refractivity contribution is 6.12. The Morgan fingerprint density at radius 3 is 1.12 bits per heavy atom. The second-order valence-corrected chi connectivity index (χ2v) is 25.6. The molecule has 432 valence electrons. The average molecular weight is 1150 g/mol. The van der Waals surface area contributed by atoms with Gasteiger partial charge in [-0.2, -0.15) is 0 Å². The van der Waals surface area contributed by atoms with Gasteiger partial charge < -0.3 is 9.47 Å². The fraction of sp³-hybridized carbons (Fsp3) is 0.172. The Balaban J connectivity index is 0.840. The normalized spacial score (nSPS) is 13.3. The van der Waals surface area contributed by atoms with Crippen LogP contribution in [0, 0.1) is 0 Å². The zero-order chi connectivity index (χ0) is 59.1. The van der Waals surface area contributed by atoms with Gasteiger partial charge >= 0.3 is 0 Å². The number of rotatable bonds is 20. The largest absolute Gasteiger partial charge is 0.310 e. The van der Waals surface area contributed by atoms with E-state index in [-0.39, 0.29) is 5.41 Å². The van der Waals surface area contributed by atoms with Gasteiger partial charge in [0.25, 0.3) is 0 Å². The number of aryl methyl sites for hydroxylation is 6. The molecule has 0 unspecified atom stereocenters. The van der Waals surface area contributed by atoms with Gasteiger partial charge in [0.05, 0.1) is 11.0 Å². The van der Waals surface area contributed by atoms with Gasteiger partial charge in [0.2, 0.25) is 0 Å². The molecule has 0 spiro atoms. The van der Waals surface area contributed by atoms with E-state index in [1.54, 1.807) is 22.3 Å². The van der Waals surface area contributed by atoms with Crippen LogP contribution in [0.25, 0.3) is 83.1 Å². The summed E-state index contributed by atoms with van der Waals surface area (Å²) < 4.78 is 2.58. The highest BCUT2D eigenvalue weighted by Crippen LogP contribution is 2.57. The Morgan fingerprint density at radius 2 is 0.685 bits per heavy atom. The van der Waals surface area contributed by atoms with E-state index in [4.69, 9.17) is 0 Å². The van der Waals surface area contributed by atoms with Gasteiger partial charge in [0.1, 0.15) is 0 Å². The highest BCUT2D eigenvalue weighted by atomic mass is 15.1. The third kappa shape index (κ3) is 10.5. The first-order valence-corrected chi connectivity index (χ1v) is 32.9. The maximum Gasteiger partial charge on any atom is 0.0541 e. The second-order valence-electron chi connectivity index (χ2n) is 25.6. The van der Waals surface area contributed by atoms with Crippen LogP contribution in [0.3, 0.4) is 0 Å². The van der Waals surface area contributed by atoms with E-state index in [0.717, 1.165) is 49.9 Å². The molecule has 2 nitrogen and oxygen atoms in total. The summed E-state index contributed by atoms with van der Waals surface area (Å²) >= 11 is 0. The molecule has 0 bridgehead atoms. The molecular formula is C87H74N2. The fourth-order valence-electron chi connectivity index (χ4n) is 15.3. The van der Waals surface area contributed by atoms with Crippen molar-refractivity contribution >= 4 is 38.9 Å². The lowest BCUT2D eigenvalue weighted by molar-refractivity contribution is 0.402. The third-order valence-electron chi connectivity index (χ3n) is 20.3. The Hall–Kier alpha value is -9.76. The number of hydrogen-bond donors (Lipinski definition) is 0. The van der Waals surface area contributed by atoms with Crippen molar-refractivity contribution in [3.05, 3.63) is 324 Å². The van der Waals surface area contributed by atoms with E-state index < -0.39 is 0 Å². The Labute approximate surface area is 525 Å². The highest BCUT2D eigenvalue weighted by Gasteiger charge is 2.43. The lowest BCUT2D eigenvalue weighted by Crippen LogP contribution is -2.26. The number of benzene rings is 12. The van der Waals surface area contributed by atoms with Gasteiger partial charge in [-0.1, -0.05) is 232 Å². The van der Waals surface area contributed by atoms with Crippen molar-refractivity contribution in [1.29, 1.82) is 0 Å². The molecule has 0 saturated carbocycles. The Kier molecular flexibility index (Phi) is 14.6. The number of aromatic nitrogens is 1. The minimum atomic E-state index is -0.234. The van der Waals surface area contributed by atoms with Crippen molar-refractivity contribution in [1.82, 2.24) is 4.57 Å². The zero-order valence-corrected chi connectivity index (χ0v) is 50.9. The molecule has 3 aliphatic rings. The van der Waals surface area contributed by atoms with E-state index in [9.17, 15) is 0 Å². The monoisotopic (exact) mass is 1150 g/mol. The molecule has 1 aromatic heterocycles. The van der Waals surface area contributed by atoms with Crippen molar-refractivity contribution in [2.24, 2.45) is 0 Å². The maximum absolute atomic E-state index is 2.65. The van der Waals surface area contributed by atoms with Gasteiger partial charge in [0.15, 0.2) is 0 Å². The predicted molar refractivity (Wildman–Crippen MR) is 375 cm³/mol. The summed E-state index contributed by atoms with van der Waals surface area (Å²) in [4.78, 5) is 2.51. The lowest BCUT2D eigenvalue weighted by Gasteiger charge is -2.34. The van der Waals surface area contributed by atoms with Crippen molar-refractivity contribution in [3.8, 4) is 61.3 Å². The molecule has 2 heteroatoms. The number of nitrogens with zero attached hydrogens (tertiary/aromatic N) is 2. The molecule has 0 aliphatic heterocycles. The predicted octanol–water partition coefficient (Wildman–Crippen LogP) is 23.0. The second kappa shape index (κ2) is 23.7. The van der Waals surface area contributed by atoms with Gasteiger partial charge in [-0.25, -0.2) is 0 Å². The molecule has 0 N–H and O–H groups in total. The molecule has 3 aliphatic carbocycles. The van der Waals surface area contributed by atoms with Crippen LogP contribution in [0.4, 0.5) is 17.1 Å². The average Bonchev–Trinajstić information content (AvgIpc) is 1.59. The minimum Gasteiger partial charge on any atom is -0.310 e. The van der Waals surface area contributed by atoms with Crippen molar-refractivity contribution < 1.29 is 0 Å². The zero-order valence-electron chi connectivity index (χ0n) is 50.9. The quantitative estimate of drug-likeness (QED) is 0.0691. The minimum absolute atomic E-state index is 0.234. The Morgan fingerprint density at radius 1 is 0.292 bits per heavy atom. The summed E-state index contributed by atoms with van der Waals surface area (Å²) in [6, 6.07) is 106. The first-order chi connectivity index (χ1) is 44.1. The number of anilines is 3. The lowest BCUT2D eigenvalue weighted by atomic mass is 9.70. The molecule has 89 heavy (non-hydrogen) atoms. The first-order valence-electron chi connectivity index (χ1n) is 32.9. The number of hydrogen-bond acceptors (Lipinski definition) is 1. The van der Waals surface area contributed by atoms with Gasteiger partial charge in [-0.15, -0.1) is 0 Å². The Bertz CT molecular complexity index is 4440. The SMILES string of the molecule is c1ccc(-c2ccc(N(c3ccc(-c4ccccc4)cc3)c3ccc4c(c3)C(CCCCCc3ccc5c(c3)CC5)(CCCCCc3ccc5c(c3)CC5)c3cc(-n5c6ccc(-c7ccccc7)cc6c6cc(-c7ccccc7)ccc65)ccc3-4)cc2)cc1. The third-order valence-corrected chi connectivity index (χ3v) is 20.3. The summed E-state index contributed by atoms with van der Waals surface area (Å²) in [5, 5.41) is 2.54. The van der Waals surface area contributed by atoms with Crippen LogP contribution < -0.4 is 4.90 Å². The summed E-state index contributed by atoms with van der Waals surface area (Å²) in [7, 11) is 0. The molecule has 0 radical (unpaired) electrons. The van der Waals surface area contributed by atoms with Crippen LogP contribution in [0.5, 0.6) is 0 Å². The topological polar surface area (TPSA) is 8.17 Å². The molecule has 1 heterocycles. The van der Waals surface area contributed by atoms with Crippen molar-refractivity contribution in [2.75, 3.05) is 4.90 Å². The van der Waals surface area contributed by atoms with E-state index in [2.05, 4.69) is 289 Å². The van der Waals surface area contributed by atoms with Gasteiger partial charge in [-0.3, -0.25) is 0 Å². The number of fused-ring (bicyclic) bond motifs is 8. The van der Waals surface area contributed by atoms with Crippen LogP contribution in [0.1, 0.15) is 95.9 Å². The smallest absolute Gasteiger partial charge is 0.0541 e. The summed E-state index contributed by atoms with van der Waals surface area (Å²) in [5.41, 5.74) is 31.7. The summed E-state index contributed by atoms with van der Waals surface area (Å²) in [6.45, 7) is 0. The van der Waals surface area contributed by atoms with Crippen molar-refractivity contribution in [3.63, 3.8) is 0 Å². The van der Waals surface area contributed by atoms with E-state index in [1.165, 1.54) is 162 Å². The standard InChI is InChI=1S/C87H74N2/c1-9-21-63(22-10-1)67-37-43-75(44-38-67)88(76-45-39-68(40-46-76)64-23-11-2-12-24-64)77-47-49-79-80-50-48-78(89-85-51-41-73(65-25-13-3-14-26-65)57-81(85)82-58-74(42-52-86(82)89)66-27-15-4-16-28-66)60-84(80)87(83(79)59-77,53-17-5-7-19-61-29-31-69-33-35-71(69)55-61)54-18-6-8-20-62-30-32-70-34-36-72(70)56-62/h1-4,9-16,21-32,37-52,55-60H,5-8,17-20,33-36,53-54H2. The van der Waals surface area contributed by atoms with Crippen LogP contribution in [0.2, 0.25) is 0 Å². The molecule has 12 aromatic carbocycles. The summed E-state index contributed by atoms with van der Waals surface area (Å²) in [6.07, 6.45) is 16.4. The van der Waals surface area contributed by atoms with Crippen LogP contribution in [-0.4, -0.2) is 4.57 Å². The van der Waals surface area contributed by atoms with Crippen LogP contribution in [0.15, 0.2) is 279 Å². The molecule has 0 atom stereocenters. The van der Waals surface area contributed by atoms with E-state index in [0.29, 0.717) is 0 Å². The molecule has 13 aromatic rings.